The van der Waals surface area contributed by atoms with Gasteiger partial charge in [0.25, 0.3) is 0 Å². The molecule has 0 saturated heterocycles. The summed E-state index contributed by atoms with van der Waals surface area (Å²) >= 11 is 5.42. The molecule has 0 fully saturated rings. The Hall–Kier alpha value is -4.18. The maximum absolute atomic E-state index is 3.56. The van der Waals surface area contributed by atoms with Crippen molar-refractivity contribution in [1.82, 2.24) is 4.57 Å². The van der Waals surface area contributed by atoms with Crippen LogP contribution in [0.25, 0.3) is 69.9 Å². The van der Waals surface area contributed by atoms with Gasteiger partial charge in [-0.2, -0.15) is 0 Å². The highest BCUT2D eigenvalue weighted by Crippen LogP contribution is 2.41. The zero-order valence-corrected chi connectivity index (χ0v) is 23.3. The number of hydrogen-bond donors (Lipinski definition) is 0. The van der Waals surface area contributed by atoms with Crippen molar-refractivity contribution in [2.24, 2.45) is 0 Å². The summed E-state index contributed by atoms with van der Waals surface area (Å²) in [7, 11) is 0. The molecular formula is C36H22BrNS. The lowest BCUT2D eigenvalue weighted by Crippen LogP contribution is -1.94. The predicted octanol–water partition coefficient (Wildman–Crippen LogP) is 11.2. The van der Waals surface area contributed by atoms with Crippen LogP contribution < -0.4 is 0 Å². The van der Waals surface area contributed by atoms with Gasteiger partial charge in [0.15, 0.2) is 0 Å². The lowest BCUT2D eigenvalue weighted by molar-refractivity contribution is 1.20. The second-order valence-electron chi connectivity index (χ2n) is 9.92. The Balaban J connectivity index is 1.40. The fourth-order valence-electron chi connectivity index (χ4n) is 5.87. The van der Waals surface area contributed by atoms with E-state index in [-0.39, 0.29) is 0 Å². The number of thiophene rings is 1. The number of aromatic nitrogens is 1. The highest BCUT2D eigenvalue weighted by Gasteiger charge is 2.17. The Morgan fingerprint density at radius 3 is 1.97 bits per heavy atom. The van der Waals surface area contributed by atoms with E-state index in [1.807, 2.05) is 11.3 Å². The SMILES string of the molecule is Brc1ccc(-c2cccc(-c3ccc4c5ccccc5n(-c5cccc6sc7ccccc7c56)c4c3)c2)cc1. The Bertz CT molecular complexity index is 2180. The van der Waals surface area contributed by atoms with Crippen LogP contribution in [0.4, 0.5) is 0 Å². The van der Waals surface area contributed by atoms with Gasteiger partial charge < -0.3 is 4.57 Å². The summed E-state index contributed by atoms with van der Waals surface area (Å²) in [5.74, 6) is 0. The third-order valence-corrected chi connectivity index (χ3v) is 9.33. The zero-order valence-electron chi connectivity index (χ0n) is 20.9. The molecule has 0 unspecified atom stereocenters. The summed E-state index contributed by atoms with van der Waals surface area (Å²) in [6.07, 6.45) is 0. The minimum Gasteiger partial charge on any atom is -0.309 e. The standard InChI is InChI=1S/C36H22BrNS/c37-27-18-15-23(16-19-27)24-7-5-8-25(21-24)26-17-20-29-28-9-1-3-11-31(28)38(33(29)22-26)32-12-6-14-35-36(32)30-10-2-4-13-34(30)39-35/h1-22H. The van der Waals surface area contributed by atoms with E-state index in [1.54, 1.807) is 0 Å². The molecule has 184 valence electrons. The number of fused-ring (bicyclic) bond motifs is 6. The summed E-state index contributed by atoms with van der Waals surface area (Å²) in [6.45, 7) is 0. The van der Waals surface area contributed by atoms with E-state index in [0.29, 0.717) is 0 Å². The van der Waals surface area contributed by atoms with Gasteiger partial charge in [0, 0.05) is 35.4 Å². The fourth-order valence-corrected chi connectivity index (χ4v) is 7.26. The summed E-state index contributed by atoms with van der Waals surface area (Å²) in [5, 5.41) is 5.19. The Labute approximate surface area is 238 Å². The van der Waals surface area contributed by atoms with E-state index in [2.05, 4.69) is 154 Å². The number of para-hydroxylation sites is 1. The molecule has 6 aromatic carbocycles. The van der Waals surface area contributed by atoms with Gasteiger partial charge in [-0.25, -0.2) is 0 Å². The predicted molar refractivity (Wildman–Crippen MR) is 172 cm³/mol. The highest BCUT2D eigenvalue weighted by atomic mass is 79.9. The average Bonchev–Trinajstić information content (AvgIpc) is 3.53. The van der Waals surface area contributed by atoms with Gasteiger partial charge in [-0.15, -0.1) is 11.3 Å². The van der Waals surface area contributed by atoms with Gasteiger partial charge in [0.05, 0.1) is 16.7 Å². The highest BCUT2D eigenvalue weighted by molar-refractivity contribution is 9.10. The topological polar surface area (TPSA) is 4.93 Å². The summed E-state index contributed by atoms with van der Waals surface area (Å²) in [5.41, 5.74) is 8.56. The number of halogens is 1. The third kappa shape index (κ3) is 3.65. The Kier molecular flexibility index (Phi) is 5.22. The Morgan fingerprint density at radius 2 is 1.10 bits per heavy atom. The van der Waals surface area contributed by atoms with Crippen molar-refractivity contribution in [3.63, 3.8) is 0 Å². The van der Waals surface area contributed by atoms with Crippen LogP contribution in [0.5, 0.6) is 0 Å². The van der Waals surface area contributed by atoms with Crippen LogP contribution in [-0.4, -0.2) is 4.57 Å². The minimum atomic E-state index is 1.09. The molecule has 1 nitrogen and oxygen atoms in total. The van der Waals surface area contributed by atoms with E-state index < -0.39 is 0 Å². The first-order valence-corrected chi connectivity index (χ1v) is 14.7. The van der Waals surface area contributed by atoms with Crippen LogP contribution in [0.2, 0.25) is 0 Å². The molecule has 0 aliphatic heterocycles. The van der Waals surface area contributed by atoms with Crippen LogP contribution in [0.1, 0.15) is 0 Å². The molecule has 39 heavy (non-hydrogen) atoms. The molecule has 3 heteroatoms. The van der Waals surface area contributed by atoms with Crippen molar-refractivity contribution in [2.75, 3.05) is 0 Å². The summed E-state index contributed by atoms with van der Waals surface area (Å²) < 4.78 is 6.20. The summed E-state index contributed by atoms with van der Waals surface area (Å²) in [6, 6.07) is 48.5. The van der Waals surface area contributed by atoms with E-state index in [0.717, 1.165) is 4.47 Å². The molecule has 0 aliphatic rings. The largest absolute Gasteiger partial charge is 0.309 e. The van der Waals surface area contributed by atoms with Crippen LogP contribution in [0.15, 0.2) is 138 Å². The van der Waals surface area contributed by atoms with Crippen molar-refractivity contribution < 1.29 is 0 Å². The molecule has 0 atom stereocenters. The molecule has 8 aromatic rings. The first-order chi connectivity index (χ1) is 19.2. The average molecular weight is 581 g/mol. The van der Waals surface area contributed by atoms with Gasteiger partial charge >= 0.3 is 0 Å². The summed E-state index contributed by atoms with van der Waals surface area (Å²) in [4.78, 5) is 0. The maximum atomic E-state index is 3.56. The number of hydrogen-bond acceptors (Lipinski definition) is 1. The van der Waals surface area contributed by atoms with E-state index in [4.69, 9.17) is 0 Å². The first-order valence-electron chi connectivity index (χ1n) is 13.0. The first kappa shape index (κ1) is 22.8. The van der Waals surface area contributed by atoms with E-state index in [9.17, 15) is 0 Å². The number of nitrogens with zero attached hydrogens (tertiary/aromatic N) is 1. The molecule has 2 heterocycles. The van der Waals surface area contributed by atoms with Crippen LogP contribution in [0.3, 0.4) is 0 Å². The van der Waals surface area contributed by atoms with Crippen molar-refractivity contribution in [3.05, 3.63) is 138 Å². The van der Waals surface area contributed by atoms with Gasteiger partial charge in [-0.05, 0) is 70.8 Å². The maximum Gasteiger partial charge on any atom is 0.0555 e. The van der Waals surface area contributed by atoms with Crippen molar-refractivity contribution in [3.8, 4) is 27.9 Å². The molecule has 0 aliphatic carbocycles. The molecule has 0 bridgehead atoms. The molecule has 2 aromatic heterocycles. The second kappa shape index (κ2) is 8.94. The number of rotatable bonds is 3. The minimum absolute atomic E-state index is 1.09. The lowest BCUT2D eigenvalue weighted by Gasteiger charge is -2.12. The molecule has 0 radical (unpaired) electrons. The second-order valence-corrected chi connectivity index (χ2v) is 11.9. The normalized spacial score (nSPS) is 11.7. The third-order valence-electron chi connectivity index (χ3n) is 7.67. The molecule has 0 spiro atoms. The van der Waals surface area contributed by atoms with Crippen LogP contribution >= 0.6 is 27.3 Å². The van der Waals surface area contributed by atoms with Crippen molar-refractivity contribution in [2.45, 2.75) is 0 Å². The van der Waals surface area contributed by atoms with Crippen molar-refractivity contribution >= 4 is 69.2 Å². The van der Waals surface area contributed by atoms with Crippen LogP contribution in [0, 0.1) is 0 Å². The van der Waals surface area contributed by atoms with E-state index >= 15 is 0 Å². The van der Waals surface area contributed by atoms with Gasteiger partial charge in [0.2, 0.25) is 0 Å². The zero-order chi connectivity index (χ0) is 25.9. The molecular weight excluding hydrogens is 558 g/mol. The van der Waals surface area contributed by atoms with Gasteiger partial charge in [-0.1, -0.05) is 101 Å². The molecule has 0 N–H and O–H groups in total. The van der Waals surface area contributed by atoms with Crippen LogP contribution in [-0.2, 0) is 0 Å². The van der Waals surface area contributed by atoms with Gasteiger partial charge in [-0.3, -0.25) is 0 Å². The van der Waals surface area contributed by atoms with E-state index in [1.165, 1.54) is 69.9 Å². The smallest absolute Gasteiger partial charge is 0.0555 e. The molecule has 0 saturated carbocycles. The molecule has 0 amide bonds. The van der Waals surface area contributed by atoms with Gasteiger partial charge in [0.1, 0.15) is 0 Å². The quantitative estimate of drug-likeness (QED) is 0.196. The molecule has 8 rings (SSSR count). The lowest BCUT2D eigenvalue weighted by atomic mass is 9.98. The number of benzene rings is 6. The fraction of sp³-hybridized carbons (Fsp3) is 0. The Morgan fingerprint density at radius 1 is 0.462 bits per heavy atom. The van der Waals surface area contributed by atoms with Crippen molar-refractivity contribution in [1.29, 1.82) is 0 Å². The monoisotopic (exact) mass is 579 g/mol.